The zero-order valence-corrected chi connectivity index (χ0v) is 5.52. The van der Waals surface area contributed by atoms with Crippen molar-refractivity contribution >= 4 is 11.8 Å². The first-order chi connectivity index (χ1) is 5.11. The van der Waals surface area contributed by atoms with Gasteiger partial charge in [-0.3, -0.25) is 9.63 Å². The molecule has 0 aliphatic heterocycles. The van der Waals surface area contributed by atoms with Gasteiger partial charge in [-0.1, -0.05) is 0 Å². The SMILES string of the molecule is NOC(=O)CC(=O)C(O)ON. The van der Waals surface area contributed by atoms with Gasteiger partial charge in [0, 0.05) is 0 Å². The number of aliphatic hydroxyl groups excluding tert-OH is 1. The lowest BCUT2D eigenvalue weighted by atomic mass is 10.3. The molecule has 0 saturated heterocycles. The molecule has 1 unspecified atom stereocenters. The molecule has 0 rings (SSSR count). The van der Waals surface area contributed by atoms with E-state index in [0.717, 1.165) is 0 Å². The van der Waals surface area contributed by atoms with Crippen molar-refractivity contribution in [2.75, 3.05) is 0 Å². The standard InChI is InChI=1S/C4H8N2O5/c5-10-3(8)1-2(7)4(9)11-6/h4,9H,1,5-6H2. The van der Waals surface area contributed by atoms with Crippen LogP contribution in [0.4, 0.5) is 0 Å². The van der Waals surface area contributed by atoms with Gasteiger partial charge in [0.15, 0.2) is 0 Å². The lowest BCUT2D eigenvalue weighted by Gasteiger charge is -2.03. The van der Waals surface area contributed by atoms with Crippen LogP contribution in [0.5, 0.6) is 0 Å². The molecule has 0 aromatic heterocycles. The third kappa shape index (κ3) is 3.63. The molecule has 0 fully saturated rings. The van der Waals surface area contributed by atoms with Crippen LogP contribution in [-0.2, 0) is 19.3 Å². The molecule has 0 heterocycles. The van der Waals surface area contributed by atoms with E-state index in [1.165, 1.54) is 0 Å². The predicted octanol–water partition coefficient (Wildman–Crippen LogP) is -2.43. The van der Waals surface area contributed by atoms with Crippen LogP contribution in [0.1, 0.15) is 6.42 Å². The molecule has 7 heteroatoms. The maximum atomic E-state index is 10.5. The summed E-state index contributed by atoms with van der Waals surface area (Å²) >= 11 is 0. The Morgan fingerprint density at radius 1 is 1.45 bits per heavy atom. The van der Waals surface area contributed by atoms with Crippen molar-refractivity contribution < 1.29 is 24.4 Å². The van der Waals surface area contributed by atoms with Gasteiger partial charge in [-0.2, -0.15) is 5.90 Å². The Balaban J connectivity index is 3.77. The van der Waals surface area contributed by atoms with Crippen molar-refractivity contribution in [1.29, 1.82) is 0 Å². The lowest BCUT2D eigenvalue weighted by molar-refractivity contribution is -0.162. The van der Waals surface area contributed by atoms with Crippen molar-refractivity contribution in [2.45, 2.75) is 12.7 Å². The van der Waals surface area contributed by atoms with E-state index in [2.05, 4.69) is 21.5 Å². The predicted molar refractivity (Wildman–Crippen MR) is 31.2 cm³/mol. The van der Waals surface area contributed by atoms with Gasteiger partial charge in [0.25, 0.3) is 0 Å². The van der Waals surface area contributed by atoms with Crippen molar-refractivity contribution in [3.63, 3.8) is 0 Å². The normalized spacial score (nSPS) is 12.3. The van der Waals surface area contributed by atoms with E-state index in [9.17, 15) is 9.59 Å². The molecule has 0 aromatic carbocycles. The van der Waals surface area contributed by atoms with Crippen LogP contribution in [0.25, 0.3) is 0 Å². The number of rotatable bonds is 4. The average Bonchev–Trinajstić information content (AvgIpc) is 2.02. The van der Waals surface area contributed by atoms with E-state index < -0.39 is 24.5 Å². The van der Waals surface area contributed by atoms with Crippen LogP contribution in [-0.4, -0.2) is 23.1 Å². The Kier molecular flexibility index (Phi) is 4.30. The molecule has 0 bridgehead atoms. The summed E-state index contributed by atoms with van der Waals surface area (Å²) in [6.07, 6.45) is -2.48. The first kappa shape index (κ1) is 9.98. The van der Waals surface area contributed by atoms with Crippen LogP contribution in [0.2, 0.25) is 0 Å². The molecule has 0 amide bonds. The molecule has 11 heavy (non-hydrogen) atoms. The van der Waals surface area contributed by atoms with E-state index in [-0.39, 0.29) is 0 Å². The van der Waals surface area contributed by atoms with Gasteiger partial charge in [-0.25, -0.2) is 10.7 Å². The molecule has 0 aromatic rings. The summed E-state index contributed by atoms with van der Waals surface area (Å²) in [5, 5.41) is 8.53. The van der Waals surface area contributed by atoms with Crippen molar-refractivity contribution in [2.24, 2.45) is 11.8 Å². The van der Waals surface area contributed by atoms with Gasteiger partial charge >= 0.3 is 5.97 Å². The number of Topliss-reactive ketones (excluding diaryl/α,β-unsaturated/α-hetero) is 1. The number of ketones is 1. The summed E-state index contributed by atoms with van der Waals surface area (Å²) < 4.78 is 0. The molecule has 7 nitrogen and oxygen atoms in total. The molecule has 5 N–H and O–H groups in total. The van der Waals surface area contributed by atoms with Crippen molar-refractivity contribution in [1.82, 2.24) is 0 Å². The highest BCUT2D eigenvalue weighted by Crippen LogP contribution is 1.91. The highest BCUT2D eigenvalue weighted by atomic mass is 16.7. The Labute approximate surface area is 61.8 Å². The van der Waals surface area contributed by atoms with Crippen LogP contribution in [0.15, 0.2) is 0 Å². The van der Waals surface area contributed by atoms with E-state index in [0.29, 0.717) is 0 Å². The molecule has 0 aliphatic carbocycles. The lowest BCUT2D eigenvalue weighted by Crippen LogP contribution is -2.29. The molecule has 64 valence electrons. The highest BCUT2D eigenvalue weighted by molar-refractivity contribution is 5.97. The monoisotopic (exact) mass is 164 g/mol. The second-order valence-electron chi connectivity index (χ2n) is 1.62. The Hall–Kier alpha value is -1.02. The Morgan fingerprint density at radius 3 is 2.36 bits per heavy atom. The minimum Gasteiger partial charge on any atom is -0.373 e. The first-order valence-electron chi connectivity index (χ1n) is 2.57. The zero-order chi connectivity index (χ0) is 8.85. The summed E-state index contributed by atoms with van der Waals surface area (Å²) in [5.74, 6) is 6.96. The Bertz CT molecular complexity index is 159. The molecule has 0 saturated carbocycles. The van der Waals surface area contributed by atoms with Crippen molar-refractivity contribution in [3.05, 3.63) is 0 Å². The maximum absolute atomic E-state index is 10.5. The third-order valence-corrected chi connectivity index (χ3v) is 0.854. The van der Waals surface area contributed by atoms with E-state index in [4.69, 9.17) is 5.11 Å². The molecule has 1 atom stereocenters. The van der Waals surface area contributed by atoms with Gasteiger partial charge < -0.3 is 9.94 Å². The second-order valence-corrected chi connectivity index (χ2v) is 1.62. The maximum Gasteiger partial charge on any atom is 0.332 e. The van der Waals surface area contributed by atoms with E-state index in [1.54, 1.807) is 0 Å². The summed E-state index contributed by atoms with van der Waals surface area (Å²) in [7, 11) is 0. The second kappa shape index (κ2) is 4.74. The number of carbonyl (C=O) groups excluding carboxylic acids is 2. The minimum atomic E-state index is -1.81. The molecule has 0 radical (unpaired) electrons. The quantitative estimate of drug-likeness (QED) is 0.239. The number of aliphatic hydroxyl groups is 1. The van der Waals surface area contributed by atoms with Gasteiger partial charge in [-0.05, 0) is 0 Å². The smallest absolute Gasteiger partial charge is 0.332 e. The van der Waals surface area contributed by atoms with Gasteiger partial charge in [-0.15, -0.1) is 0 Å². The molecule has 0 aliphatic rings. The third-order valence-electron chi connectivity index (χ3n) is 0.854. The first-order valence-corrected chi connectivity index (χ1v) is 2.57. The average molecular weight is 164 g/mol. The molecular formula is C4H8N2O5. The van der Waals surface area contributed by atoms with E-state index >= 15 is 0 Å². The van der Waals surface area contributed by atoms with Crippen LogP contribution >= 0.6 is 0 Å². The van der Waals surface area contributed by atoms with Crippen molar-refractivity contribution in [3.8, 4) is 0 Å². The minimum absolute atomic E-state index is 0.672. The Morgan fingerprint density at radius 2 is 2.00 bits per heavy atom. The summed E-state index contributed by atoms with van der Waals surface area (Å²) in [6.45, 7) is 0. The van der Waals surface area contributed by atoms with Crippen LogP contribution < -0.4 is 11.8 Å². The van der Waals surface area contributed by atoms with Crippen LogP contribution in [0.3, 0.4) is 0 Å². The number of nitrogens with two attached hydrogens (primary N) is 2. The molecule has 0 spiro atoms. The fourth-order valence-corrected chi connectivity index (χ4v) is 0.347. The number of hydrogen-bond acceptors (Lipinski definition) is 7. The van der Waals surface area contributed by atoms with Gasteiger partial charge in [0.2, 0.25) is 12.1 Å². The highest BCUT2D eigenvalue weighted by Gasteiger charge is 2.18. The fourth-order valence-electron chi connectivity index (χ4n) is 0.347. The number of carbonyl (C=O) groups is 2. The van der Waals surface area contributed by atoms with Gasteiger partial charge in [0.1, 0.15) is 6.42 Å². The van der Waals surface area contributed by atoms with E-state index in [1.807, 2.05) is 0 Å². The van der Waals surface area contributed by atoms with Gasteiger partial charge in [0.05, 0.1) is 0 Å². The van der Waals surface area contributed by atoms with Crippen LogP contribution in [0, 0.1) is 0 Å². The zero-order valence-electron chi connectivity index (χ0n) is 5.52. The summed E-state index contributed by atoms with van der Waals surface area (Å²) in [5.41, 5.74) is 0. The summed E-state index contributed by atoms with van der Waals surface area (Å²) in [6, 6.07) is 0. The summed E-state index contributed by atoms with van der Waals surface area (Å²) in [4.78, 5) is 28.2. The largest absolute Gasteiger partial charge is 0.373 e. The number of hydrogen-bond donors (Lipinski definition) is 3. The fraction of sp³-hybridized carbons (Fsp3) is 0.500. The molecular weight excluding hydrogens is 156 g/mol. The topological polar surface area (TPSA) is 125 Å².